The Morgan fingerprint density at radius 2 is 2.26 bits per heavy atom. The van der Waals surface area contributed by atoms with Crippen molar-refractivity contribution in [2.24, 2.45) is 0 Å². The van der Waals surface area contributed by atoms with Crippen LogP contribution in [0.25, 0.3) is 0 Å². The van der Waals surface area contributed by atoms with Gasteiger partial charge in [-0.3, -0.25) is 0 Å². The quantitative estimate of drug-likeness (QED) is 0.825. The standard InChI is InChI=1S/C16H27N3/c1-4-8-17-11-15-10-13(2)16(18-12-15)19-9-6-5-7-14(19)3/h10,12,14,17H,4-9,11H2,1-3H3. The van der Waals surface area contributed by atoms with Crippen LogP contribution in [0, 0.1) is 6.92 Å². The maximum absolute atomic E-state index is 4.72. The molecule has 0 aliphatic carbocycles. The largest absolute Gasteiger partial charge is 0.354 e. The summed E-state index contributed by atoms with van der Waals surface area (Å²) in [6, 6.07) is 2.91. The van der Waals surface area contributed by atoms with Crippen molar-refractivity contribution in [3.63, 3.8) is 0 Å². The normalized spacial score (nSPS) is 19.7. The molecule has 1 fully saturated rings. The third kappa shape index (κ3) is 3.69. The van der Waals surface area contributed by atoms with Gasteiger partial charge < -0.3 is 10.2 Å². The van der Waals surface area contributed by atoms with Crippen LogP contribution >= 0.6 is 0 Å². The highest BCUT2D eigenvalue weighted by Crippen LogP contribution is 2.25. The molecule has 3 nitrogen and oxygen atoms in total. The molecule has 0 saturated carbocycles. The summed E-state index contributed by atoms with van der Waals surface area (Å²) in [5.41, 5.74) is 2.60. The Morgan fingerprint density at radius 3 is 2.95 bits per heavy atom. The molecule has 0 aromatic carbocycles. The van der Waals surface area contributed by atoms with E-state index >= 15 is 0 Å². The summed E-state index contributed by atoms with van der Waals surface area (Å²) in [5, 5.41) is 3.43. The Morgan fingerprint density at radius 1 is 1.42 bits per heavy atom. The number of nitrogens with one attached hydrogen (secondary N) is 1. The van der Waals surface area contributed by atoms with Crippen LogP contribution in [0.2, 0.25) is 0 Å². The maximum Gasteiger partial charge on any atom is 0.131 e. The maximum atomic E-state index is 4.72. The Balaban J connectivity index is 2.05. The minimum absolute atomic E-state index is 0.629. The van der Waals surface area contributed by atoms with Crippen molar-refractivity contribution in [3.8, 4) is 0 Å². The lowest BCUT2D eigenvalue weighted by molar-refractivity contribution is 0.480. The SMILES string of the molecule is CCCNCc1cnc(N2CCCCC2C)c(C)c1. The van der Waals surface area contributed by atoms with E-state index in [1.807, 2.05) is 6.20 Å². The number of rotatable bonds is 5. The van der Waals surface area contributed by atoms with Gasteiger partial charge in [-0.05, 0) is 63.3 Å². The van der Waals surface area contributed by atoms with Crippen molar-refractivity contribution in [2.45, 2.75) is 59.0 Å². The third-order valence-corrected chi connectivity index (χ3v) is 3.94. The summed E-state index contributed by atoms with van der Waals surface area (Å²) in [4.78, 5) is 7.19. The summed E-state index contributed by atoms with van der Waals surface area (Å²) in [6.07, 6.45) is 7.16. The van der Waals surface area contributed by atoms with E-state index in [1.165, 1.54) is 42.6 Å². The molecule has 1 aliphatic heterocycles. The average Bonchev–Trinajstić information content (AvgIpc) is 2.40. The van der Waals surface area contributed by atoms with E-state index in [9.17, 15) is 0 Å². The molecule has 0 radical (unpaired) electrons. The van der Waals surface area contributed by atoms with Crippen molar-refractivity contribution < 1.29 is 0 Å². The molecule has 0 spiro atoms. The fourth-order valence-electron chi connectivity index (χ4n) is 2.85. The van der Waals surface area contributed by atoms with Crippen LogP contribution < -0.4 is 10.2 Å². The molecule has 1 atom stereocenters. The highest BCUT2D eigenvalue weighted by molar-refractivity contribution is 5.48. The third-order valence-electron chi connectivity index (χ3n) is 3.94. The zero-order chi connectivity index (χ0) is 13.7. The molecule has 19 heavy (non-hydrogen) atoms. The van der Waals surface area contributed by atoms with E-state index in [-0.39, 0.29) is 0 Å². The van der Waals surface area contributed by atoms with Crippen LogP contribution in [0.5, 0.6) is 0 Å². The number of piperidine rings is 1. The lowest BCUT2D eigenvalue weighted by atomic mass is 10.0. The number of aryl methyl sites for hydroxylation is 1. The van der Waals surface area contributed by atoms with Gasteiger partial charge in [-0.25, -0.2) is 4.98 Å². The smallest absolute Gasteiger partial charge is 0.131 e. The summed E-state index contributed by atoms with van der Waals surface area (Å²) in [5.74, 6) is 1.19. The molecule has 0 bridgehead atoms. The van der Waals surface area contributed by atoms with Gasteiger partial charge in [-0.15, -0.1) is 0 Å². The van der Waals surface area contributed by atoms with Crippen LogP contribution in [0.4, 0.5) is 5.82 Å². The van der Waals surface area contributed by atoms with Gasteiger partial charge in [-0.2, -0.15) is 0 Å². The molecule has 1 unspecified atom stereocenters. The second-order valence-corrected chi connectivity index (χ2v) is 5.70. The highest BCUT2D eigenvalue weighted by Gasteiger charge is 2.20. The Hall–Kier alpha value is -1.09. The van der Waals surface area contributed by atoms with E-state index in [1.54, 1.807) is 0 Å². The second-order valence-electron chi connectivity index (χ2n) is 5.70. The first-order valence-corrected chi connectivity index (χ1v) is 7.65. The van der Waals surface area contributed by atoms with Gasteiger partial charge in [0.1, 0.15) is 5.82 Å². The molecular formula is C16H27N3. The first kappa shape index (κ1) is 14.3. The Labute approximate surface area is 117 Å². The predicted octanol–water partition coefficient (Wildman–Crippen LogP) is 3.27. The second kappa shape index (κ2) is 6.90. The van der Waals surface area contributed by atoms with Crippen LogP contribution in [0.15, 0.2) is 12.3 Å². The summed E-state index contributed by atoms with van der Waals surface area (Å²) >= 11 is 0. The fourth-order valence-corrected chi connectivity index (χ4v) is 2.85. The van der Waals surface area contributed by atoms with Crippen molar-refractivity contribution in [1.82, 2.24) is 10.3 Å². The van der Waals surface area contributed by atoms with Crippen LogP contribution in [0.3, 0.4) is 0 Å². The molecule has 3 heteroatoms. The molecule has 106 valence electrons. The van der Waals surface area contributed by atoms with E-state index in [0.29, 0.717) is 6.04 Å². The summed E-state index contributed by atoms with van der Waals surface area (Å²) in [7, 11) is 0. The number of hydrogen-bond acceptors (Lipinski definition) is 3. The fraction of sp³-hybridized carbons (Fsp3) is 0.688. The van der Waals surface area contributed by atoms with E-state index in [4.69, 9.17) is 4.98 Å². The topological polar surface area (TPSA) is 28.2 Å². The molecule has 1 aromatic heterocycles. The van der Waals surface area contributed by atoms with Gasteiger partial charge in [0.05, 0.1) is 0 Å². The summed E-state index contributed by atoms with van der Waals surface area (Å²) < 4.78 is 0. The molecule has 1 N–H and O–H groups in total. The Bertz CT molecular complexity index is 403. The first-order valence-electron chi connectivity index (χ1n) is 7.65. The monoisotopic (exact) mass is 261 g/mol. The van der Waals surface area contributed by atoms with Crippen molar-refractivity contribution in [2.75, 3.05) is 18.0 Å². The number of hydrogen-bond donors (Lipinski definition) is 1. The lowest BCUT2D eigenvalue weighted by Crippen LogP contribution is -2.38. The van der Waals surface area contributed by atoms with E-state index < -0.39 is 0 Å². The number of pyridine rings is 1. The molecule has 1 aromatic rings. The van der Waals surface area contributed by atoms with Gasteiger partial charge >= 0.3 is 0 Å². The van der Waals surface area contributed by atoms with Gasteiger partial charge in [0.15, 0.2) is 0 Å². The van der Waals surface area contributed by atoms with Gasteiger partial charge in [0, 0.05) is 25.3 Å². The van der Waals surface area contributed by atoms with Gasteiger partial charge in [0.2, 0.25) is 0 Å². The van der Waals surface area contributed by atoms with E-state index in [2.05, 4.69) is 37.1 Å². The number of aromatic nitrogens is 1. The number of anilines is 1. The van der Waals surface area contributed by atoms with Crippen molar-refractivity contribution in [1.29, 1.82) is 0 Å². The van der Waals surface area contributed by atoms with Crippen LogP contribution in [0.1, 0.15) is 50.7 Å². The van der Waals surface area contributed by atoms with E-state index in [0.717, 1.165) is 19.6 Å². The predicted molar refractivity (Wildman–Crippen MR) is 81.6 cm³/mol. The van der Waals surface area contributed by atoms with Crippen molar-refractivity contribution in [3.05, 3.63) is 23.4 Å². The lowest BCUT2D eigenvalue weighted by Gasteiger charge is -2.35. The molecule has 2 rings (SSSR count). The number of nitrogens with zero attached hydrogens (tertiary/aromatic N) is 2. The Kier molecular flexibility index (Phi) is 5.20. The molecule has 1 aliphatic rings. The van der Waals surface area contributed by atoms with Crippen molar-refractivity contribution >= 4 is 5.82 Å². The minimum Gasteiger partial charge on any atom is -0.354 e. The zero-order valence-corrected chi connectivity index (χ0v) is 12.6. The van der Waals surface area contributed by atoms with Crippen LogP contribution in [-0.2, 0) is 6.54 Å². The summed E-state index contributed by atoms with van der Waals surface area (Å²) in [6.45, 7) is 9.85. The molecular weight excluding hydrogens is 234 g/mol. The van der Waals surface area contributed by atoms with Gasteiger partial charge in [-0.1, -0.05) is 6.92 Å². The molecule has 2 heterocycles. The molecule has 1 saturated heterocycles. The van der Waals surface area contributed by atoms with Crippen LogP contribution in [-0.4, -0.2) is 24.1 Å². The average molecular weight is 261 g/mol. The van der Waals surface area contributed by atoms with Gasteiger partial charge in [0.25, 0.3) is 0 Å². The first-order chi connectivity index (χ1) is 9.22. The minimum atomic E-state index is 0.629. The zero-order valence-electron chi connectivity index (χ0n) is 12.6. The highest BCUT2D eigenvalue weighted by atomic mass is 15.2. The molecule has 0 amide bonds.